The van der Waals surface area contributed by atoms with Gasteiger partial charge in [0.2, 0.25) is 0 Å². The second kappa shape index (κ2) is 2.61. The van der Waals surface area contributed by atoms with Crippen LogP contribution in [0.4, 0.5) is 5.69 Å². The van der Waals surface area contributed by atoms with Gasteiger partial charge < -0.3 is 5.32 Å². The quantitative estimate of drug-likeness (QED) is 0.662. The third-order valence-corrected chi connectivity index (χ3v) is 2.70. The predicted molar refractivity (Wildman–Crippen MR) is 56.1 cm³/mol. The molecule has 0 bridgehead atoms. The summed E-state index contributed by atoms with van der Waals surface area (Å²) in [4.78, 5) is 0. The Labute approximate surface area is 82.2 Å². The maximum Gasteiger partial charge on any atom is 0.0723 e. The summed E-state index contributed by atoms with van der Waals surface area (Å²) in [7, 11) is 0. The van der Waals surface area contributed by atoms with E-state index in [1.54, 1.807) is 0 Å². The Balaban J connectivity index is 2.29. The Morgan fingerprint density at radius 3 is 3.07 bits per heavy atom. The van der Waals surface area contributed by atoms with E-state index in [1.165, 1.54) is 16.8 Å². The summed E-state index contributed by atoms with van der Waals surface area (Å²) in [5.74, 6) is 0. The normalized spacial score (nSPS) is 18.2. The van der Waals surface area contributed by atoms with E-state index in [-0.39, 0.29) is 0 Å². The van der Waals surface area contributed by atoms with Crippen LogP contribution in [0.2, 0.25) is 0 Å². The molecule has 0 radical (unpaired) electrons. The van der Waals surface area contributed by atoms with Gasteiger partial charge in [-0.2, -0.15) is 5.10 Å². The van der Waals surface area contributed by atoms with Crippen LogP contribution >= 0.6 is 0 Å². The van der Waals surface area contributed by atoms with E-state index in [0.717, 1.165) is 5.69 Å². The fourth-order valence-electron chi connectivity index (χ4n) is 1.98. The van der Waals surface area contributed by atoms with Crippen molar-refractivity contribution in [3.63, 3.8) is 0 Å². The van der Waals surface area contributed by atoms with Crippen LogP contribution in [0.5, 0.6) is 0 Å². The van der Waals surface area contributed by atoms with Gasteiger partial charge in [-0.05, 0) is 13.0 Å². The number of para-hydroxylation sites is 1. The van der Waals surface area contributed by atoms with Crippen molar-refractivity contribution in [1.29, 1.82) is 0 Å². The molecule has 0 aliphatic carbocycles. The highest BCUT2D eigenvalue weighted by molar-refractivity contribution is 5.80. The lowest BCUT2D eigenvalue weighted by Gasteiger charge is -2.23. The fraction of sp³-hybridized carbons (Fsp3) is 0.182. The molecule has 3 heteroatoms. The third-order valence-electron chi connectivity index (χ3n) is 2.70. The summed E-state index contributed by atoms with van der Waals surface area (Å²) in [6.45, 7) is 2.14. The molecule has 3 nitrogen and oxygen atoms in total. The van der Waals surface area contributed by atoms with Crippen LogP contribution in [0.1, 0.15) is 18.5 Å². The van der Waals surface area contributed by atoms with Gasteiger partial charge in [0.05, 0.1) is 17.9 Å². The van der Waals surface area contributed by atoms with Crippen LogP contribution in [-0.2, 0) is 0 Å². The lowest BCUT2D eigenvalue weighted by Crippen LogP contribution is -2.12. The molecule has 1 aromatic carbocycles. The first kappa shape index (κ1) is 7.62. The van der Waals surface area contributed by atoms with Crippen molar-refractivity contribution >= 4 is 5.69 Å². The average molecular weight is 185 g/mol. The number of benzene rings is 1. The van der Waals surface area contributed by atoms with Crippen LogP contribution in [-0.4, -0.2) is 10.2 Å². The van der Waals surface area contributed by atoms with Crippen molar-refractivity contribution in [3.8, 4) is 11.3 Å². The number of nitrogens with zero attached hydrogens (tertiary/aromatic N) is 1. The lowest BCUT2D eigenvalue weighted by molar-refractivity contribution is 0.878. The molecule has 1 aliphatic rings. The molecule has 0 saturated carbocycles. The third kappa shape index (κ3) is 0.894. The van der Waals surface area contributed by atoms with Crippen molar-refractivity contribution in [1.82, 2.24) is 10.2 Å². The molecule has 2 N–H and O–H groups in total. The van der Waals surface area contributed by atoms with E-state index in [1.807, 2.05) is 18.3 Å². The van der Waals surface area contributed by atoms with E-state index in [2.05, 4.69) is 34.6 Å². The van der Waals surface area contributed by atoms with Crippen molar-refractivity contribution < 1.29 is 0 Å². The molecule has 0 amide bonds. The van der Waals surface area contributed by atoms with Crippen LogP contribution in [0, 0.1) is 0 Å². The van der Waals surface area contributed by atoms with E-state index in [9.17, 15) is 0 Å². The van der Waals surface area contributed by atoms with Gasteiger partial charge in [-0.25, -0.2) is 0 Å². The van der Waals surface area contributed by atoms with Gasteiger partial charge in [0.15, 0.2) is 0 Å². The number of nitrogens with one attached hydrogen (secondary N) is 2. The molecule has 14 heavy (non-hydrogen) atoms. The molecule has 1 aromatic heterocycles. The van der Waals surface area contributed by atoms with Crippen molar-refractivity contribution in [2.45, 2.75) is 13.0 Å². The number of fused-ring (bicyclic) bond motifs is 3. The van der Waals surface area contributed by atoms with Gasteiger partial charge in [-0.15, -0.1) is 0 Å². The molecule has 1 unspecified atom stereocenters. The zero-order valence-corrected chi connectivity index (χ0v) is 7.91. The summed E-state index contributed by atoms with van der Waals surface area (Å²) in [5, 5.41) is 10.6. The zero-order chi connectivity index (χ0) is 9.54. The van der Waals surface area contributed by atoms with E-state index in [0.29, 0.717) is 6.04 Å². The monoisotopic (exact) mass is 185 g/mol. The summed E-state index contributed by atoms with van der Waals surface area (Å²) in [5.41, 5.74) is 4.77. The number of hydrogen-bond acceptors (Lipinski definition) is 2. The maximum atomic E-state index is 4.09. The molecule has 0 fully saturated rings. The zero-order valence-electron chi connectivity index (χ0n) is 7.91. The average Bonchev–Trinajstić information content (AvgIpc) is 2.67. The summed E-state index contributed by atoms with van der Waals surface area (Å²) >= 11 is 0. The van der Waals surface area contributed by atoms with Crippen molar-refractivity contribution in [2.24, 2.45) is 0 Å². The second-order valence-electron chi connectivity index (χ2n) is 3.61. The smallest absolute Gasteiger partial charge is 0.0723 e. The highest BCUT2D eigenvalue weighted by atomic mass is 15.1. The number of aromatic amines is 1. The van der Waals surface area contributed by atoms with Crippen LogP contribution in [0.25, 0.3) is 11.3 Å². The maximum absolute atomic E-state index is 4.09. The first-order valence-corrected chi connectivity index (χ1v) is 4.75. The minimum atomic E-state index is 0.332. The second-order valence-corrected chi connectivity index (χ2v) is 3.61. The number of aromatic nitrogens is 2. The molecular formula is C11H11N3. The van der Waals surface area contributed by atoms with Crippen LogP contribution < -0.4 is 5.32 Å². The Bertz CT molecular complexity index is 473. The molecule has 2 aromatic rings. The lowest BCUT2D eigenvalue weighted by atomic mass is 9.97. The highest BCUT2D eigenvalue weighted by Crippen LogP contribution is 2.38. The van der Waals surface area contributed by atoms with Crippen LogP contribution in [0.15, 0.2) is 30.5 Å². The molecule has 70 valence electrons. The standard InChI is InChI=1S/C11H11N3/c1-7-9-6-12-14-11(9)8-4-2-3-5-10(8)13-7/h2-7,13H,1H3,(H,12,14). The fourth-order valence-corrected chi connectivity index (χ4v) is 1.98. The Morgan fingerprint density at radius 1 is 1.29 bits per heavy atom. The van der Waals surface area contributed by atoms with Gasteiger partial charge in [-0.1, -0.05) is 18.2 Å². The molecule has 1 atom stereocenters. The minimum Gasteiger partial charge on any atom is -0.378 e. The van der Waals surface area contributed by atoms with Crippen LogP contribution in [0.3, 0.4) is 0 Å². The van der Waals surface area contributed by atoms with Gasteiger partial charge in [0.25, 0.3) is 0 Å². The first-order valence-electron chi connectivity index (χ1n) is 4.75. The minimum absolute atomic E-state index is 0.332. The number of anilines is 1. The predicted octanol–water partition coefficient (Wildman–Crippen LogP) is 2.56. The number of H-pyrrole nitrogens is 1. The highest BCUT2D eigenvalue weighted by Gasteiger charge is 2.21. The SMILES string of the molecule is CC1Nc2ccccc2-c2[nH]ncc21. The Kier molecular flexibility index (Phi) is 1.42. The molecule has 2 heterocycles. The van der Waals surface area contributed by atoms with E-state index in [4.69, 9.17) is 0 Å². The molecule has 1 aliphatic heterocycles. The van der Waals surface area contributed by atoms with Gasteiger partial charge in [0.1, 0.15) is 0 Å². The molecule has 0 spiro atoms. The molecule has 3 rings (SSSR count). The number of rotatable bonds is 0. The Hall–Kier alpha value is -1.77. The largest absolute Gasteiger partial charge is 0.378 e. The molecule has 0 saturated heterocycles. The summed E-state index contributed by atoms with van der Waals surface area (Å²) < 4.78 is 0. The van der Waals surface area contributed by atoms with Gasteiger partial charge >= 0.3 is 0 Å². The van der Waals surface area contributed by atoms with Gasteiger partial charge in [0, 0.05) is 16.8 Å². The van der Waals surface area contributed by atoms with E-state index >= 15 is 0 Å². The number of hydrogen-bond donors (Lipinski definition) is 2. The topological polar surface area (TPSA) is 40.7 Å². The van der Waals surface area contributed by atoms with Crippen molar-refractivity contribution in [2.75, 3.05) is 5.32 Å². The van der Waals surface area contributed by atoms with E-state index < -0.39 is 0 Å². The first-order chi connectivity index (χ1) is 6.86. The summed E-state index contributed by atoms with van der Waals surface area (Å²) in [6.07, 6.45) is 1.89. The van der Waals surface area contributed by atoms with Crippen molar-refractivity contribution in [3.05, 3.63) is 36.0 Å². The summed E-state index contributed by atoms with van der Waals surface area (Å²) in [6, 6.07) is 8.61. The Morgan fingerprint density at radius 2 is 2.14 bits per heavy atom. The van der Waals surface area contributed by atoms with Gasteiger partial charge in [-0.3, -0.25) is 5.10 Å². The molecular weight excluding hydrogens is 174 g/mol.